The Morgan fingerprint density at radius 1 is 0.526 bits per heavy atom. The summed E-state index contributed by atoms with van der Waals surface area (Å²) in [6.07, 6.45) is 12.4. The first-order valence-corrected chi connectivity index (χ1v) is 8.57. The lowest BCUT2D eigenvalue weighted by molar-refractivity contribution is 0.244. The van der Waals surface area contributed by atoms with E-state index in [1.165, 1.54) is 84.0 Å². The fourth-order valence-electron chi connectivity index (χ4n) is 2.47. The Morgan fingerprint density at radius 2 is 1.00 bits per heavy atom. The number of hydrogen-bond acceptors (Lipinski definition) is 2. The van der Waals surface area contributed by atoms with Crippen molar-refractivity contribution in [3.05, 3.63) is 0 Å². The van der Waals surface area contributed by atoms with E-state index >= 15 is 0 Å². The fraction of sp³-hybridized carbons (Fsp3) is 1.00. The lowest BCUT2D eigenvalue weighted by Gasteiger charge is -2.23. The number of nitrogens with zero attached hydrogens (tertiary/aromatic N) is 2. The van der Waals surface area contributed by atoms with Crippen LogP contribution in [0.2, 0.25) is 0 Å². The molecule has 0 unspecified atom stereocenters. The van der Waals surface area contributed by atoms with Crippen LogP contribution in [0.25, 0.3) is 0 Å². The molecule has 0 amide bonds. The van der Waals surface area contributed by atoms with Crippen LogP contribution >= 0.6 is 0 Å². The minimum Gasteiger partial charge on any atom is -0.309 e. The van der Waals surface area contributed by atoms with Gasteiger partial charge in [0.15, 0.2) is 0 Å². The van der Waals surface area contributed by atoms with E-state index < -0.39 is 0 Å². The van der Waals surface area contributed by atoms with Crippen molar-refractivity contribution in [1.29, 1.82) is 0 Å². The smallest absolute Gasteiger partial charge is 0.000655 e. The molecule has 0 aliphatic rings. The molecule has 0 heterocycles. The van der Waals surface area contributed by atoms with E-state index in [9.17, 15) is 0 Å². The van der Waals surface area contributed by atoms with Crippen LogP contribution in [0, 0.1) is 0 Å². The van der Waals surface area contributed by atoms with Gasteiger partial charge in [0.1, 0.15) is 0 Å². The van der Waals surface area contributed by atoms with Crippen molar-refractivity contribution >= 4 is 0 Å². The molecule has 0 radical (unpaired) electrons. The Bertz CT molecular complexity index is 157. The van der Waals surface area contributed by atoms with Crippen molar-refractivity contribution < 1.29 is 0 Å². The second-order valence-electron chi connectivity index (χ2n) is 6.12. The maximum atomic E-state index is 2.70. The standard InChI is InChI=1S/C17H38N2/c1-5-7-9-11-15-19(16-12-10-8-6-2)17-13-14-18(3)4/h5-17H2,1-4H3. The van der Waals surface area contributed by atoms with Crippen molar-refractivity contribution in [1.82, 2.24) is 9.80 Å². The van der Waals surface area contributed by atoms with E-state index in [0.29, 0.717) is 0 Å². The summed E-state index contributed by atoms with van der Waals surface area (Å²) in [6.45, 7) is 9.73. The Hall–Kier alpha value is -0.0800. The Labute approximate surface area is 122 Å². The molecular weight excluding hydrogens is 232 g/mol. The molecule has 19 heavy (non-hydrogen) atoms. The largest absolute Gasteiger partial charge is 0.309 e. The van der Waals surface area contributed by atoms with E-state index in [1.54, 1.807) is 0 Å². The molecule has 2 nitrogen and oxygen atoms in total. The van der Waals surface area contributed by atoms with Gasteiger partial charge >= 0.3 is 0 Å². The summed E-state index contributed by atoms with van der Waals surface area (Å²) in [4.78, 5) is 5.00. The van der Waals surface area contributed by atoms with Crippen LogP contribution < -0.4 is 0 Å². The molecule has 0 aliphatic carbocycles. The highest BCUT2D eigenvalue weighted by Gasteiger charge is 2.04. The molecule has 0 rings (SSSR count). The van der Waals surface area contributed by atoms with E-state index in [1.807, 2.05) is 0 Å². The van der Waals surface area contributed by atoms with E-state index in [0.717, 1.165) is 0 Å². The first-order valence-electron chi connectivity index (χ1n) is 8.57. The molecule has 0 aromatic heterocycles. The van der Waals surface area contributed by atoms with Crippen LogP contribution in [0.5, 0.6) is 0 Å². The van der Waals surface area contributed by atoms with Crippen LogP contribution in [-0.2, 0) is 0 Å². The third kappa shape index (κ3) is 14.1. The molecule has 0 spiro atoms. The van der Waals surface area contributed by atoms with E-state index in [2.05, 4.69) is 37.7 Å². The average Bonchev–Trinajstić information content (AvgIpc) is 2.38. The lowest BCUT2D eigenvalue weighted by atomic mass is 10.1. The third-order valence-electron chi connectivity index (χ3n) is 3.74. The Kier molecular flexibility index (Phi) is 14.3. The predicted molar refractivity (Wildman–Crippen MR) is 87.9 cm³/mol. The van der Waals surface area contributed by atoms with Crippen molar-refractivity contribution in [2.75, 3.05) is 40.3 Å². The molecular formula is C17H38N2. The van der Waals surface area contributed by atoms with Crippen molar-refractivity contribution in [3.8, 4) is 0 Å². The van der Waals surface area contributed by atoms with Gasteiger partial charge in [0, 0.05) is 0 Å². The molecule has 0 aliphatic heterocycles. The number of hydrogen-bond donors (Lipinski definition) is 0. The van der Waals surface area contributed by atoms with Crippen molar-refractivity contribution in [2.24, 2.45) is 0 Å². The van der Waals surface area contributed by atoms with Crippen LogP contribution in [0.4, 0.5) is 0 Å². The molecule has 2 heteroatoms. The molecule has 0 aromatic carbocycles. The third-order valence-corrected chi connectivity index (χ3v) is 3.74. The van der Waals surface area contributed by atoms with Crippen LogP contribution in [0.15, 0.2) is 0 Å². The van der Waals surface area contributed by atoms with Gasteiger partial charge in [0.25, 0.3) is 0 Å². The van der Waals surface area contributed by atoms with Crippen molar-refractivity contribution in [2.45, 2.75) is 71.6 Å². The topological polar surface area (TPSA) is 6.48 Å². The summed E-state index contributed by atoms with van der Waals surface area (Å²) in [5.41, 5.74) is 0. The SMILES string of the molecule is CCCCCCN(CCCCCC)CCCN(C)C. The molecule has 0 bridgehead atoms. The van der Waals surface area contributed by atoms with Gasteiger partial charge < -0.3 is 9.80 Å². The van der Waals surface area contributed by atoms with Gasteiger partial charge in [0.2, 0.25) is 0 Å². The highest BCUT2D eigenvalue weighted by molar-refractivity contribution is 4.60. The predicted octanol–water partition coefficient (Wildman–Crippen LogP) is 4.40. The molecule has 0 atom stereocenters. The monoisotopic (exact) mass is 270 g/mol. The van der Waals surface area contributed by atoms with Gasteiger partial charge in [0.05, 0.1) is 0 Å². The van der Waals surface area contributed by atoms with Crippen LogP contribution in [0.1, 0.15) is 71.6 Å². The molecule has 0 saturated carbocycles. The summed E-state index contributed by atoms with van der Waals surface area (Å²) in [5, 5.41) is 0. The first kappa shape index (κ1) is 18.9. The van der Waals surface area contributed by atoms with Crippen molar-refractivity contribution in [3.63, 3.8) is 0 Å². The fourth-order valence-corrected chi connectivity index (χ4v) is 2.47. The van der Waals surface area contributed by atoms with E-state index in [-0.39, 0.29) is 0 Å². The average molecular weight is 271 g/mol. The zero-order valence-corrected chi connectivity index (χ0v) is 14.1. The maximum absolute atomic E-state index is 2.70. The van der Waals surface area contributed by atoms with Gasteiger partial charge in [-0.15, -0.1) is 0 Å². The number of unbranched alkanes of at least 4 members (excludes halogenated alkanes) is 6. The minimum absolute atomic E-state index is 1.22. The Balaban J connectivity index is 3.72. The minimum atomic E-state index is 1.22. The molecule has 0 fully saturated rings. The van der Waals surface area contributed by atoms with E-state index in [4.69, 9.17) is 0 Å². The zero-order chi connectivity index (χ0) is 14.3. The molecule has 0 N–H and O–H groups in total. The zero-order valence-electron chi connectivity index (χ0n) is 14.1. The summed E-state index contributed by atoms with van der Waals surface area (Å²) in [5.74, 6) is 0. The van der Waals surface area contributed by atoms with Gasteiger partial charge in [-0.25, -0.2) is 0 Å². The van der Waals surface area contributed by atoms with Crippen LogP contribution in [-0.4, -0.2) is 50.1 Å². The molecule has 116 valence electrons. The lowest BCUT2D eigenvalue weighted by Crippen LogP contribution is -2.29. The Morgan fingerprint density at radius 3 is 1.42 bits per heavy atom. The molecule has 0 aromatic rings. The van der Waals surface area contributed by atoms with Gasteiger partial charge in [-0.2, -0.15) is 0 Å². The van der Waals surface area contributed by atoms with Crippen LogP contribution in [0.3, 0.4) is 0 Å². The summed E-state index contributed by atoms with van der Waals surface area (Å²) in [6, 6.07) is 0. The summed E-state index contributed by atoms with van der Waals surface area (Å²) < 4.78 is 0. The van der Waals surface area contributed by atoms with Gasteiger partial charge in [-0.05, 0) is 59.5 Å². The second kappa shape index (κ2) is 14.3. The summed E-state index contributed by atoms with van der Waals surface area (Å²) in [7, 11) is 4.35. The van der Waals surface area contributed by atoms with Gasteiger partial charge in [-0.1, -0.05) is 52.4 Å². The highest BCUT2D eigenvalue weighted by Crippen LogP contribution is 2.06. The summed E-state index contributed by atoms with van der Waals surface area (Å²) >= 11 is 0. The number of rotatable bonds is 14. The normalized spacial score (nSPS) is 11.7. The second-order valence-corrected chi connectivity index (χ2v) is 6.12. The maximum Gasteiger partial charge on any atom is -0.000655 e. The first-order chi connectivity index (χ1) is 9.20. The highest BCUT2D eigenvalue weighted by atomic mass is 15.1. The van der Waals surface area contributed by atoms with Gasteiger partial charge in [-0.3, -0.25) is 0 Å². The molecule has 0 saturated heterocycles. The quantitative estimate of drug-likeness (QED) is 0.432.